The number of hydrogen-bond donors (Lipinski definition) is 1. The van der Waals surface area contributed by atoms with E-state index < -0.39 is 0 Å². The van der Waals surface area contributed by atoms with Gasteiger partial charge in [0, 0.05) is 12.6 Å². The Morgan fingerprint density at radius 2 is 1.87 bits per heavy atom. The Morgan fingerprint density at radius 1 is 1.33 bits per heavy atom. The summed E-state index contributed by atoms with van der Waals surface area (Å²) in [4.78, 5) is 23.8. The van der Waals surface area contributed by atoms with Crippen LogP contribution >= 0.6 is 0 Å². The molecule has 0 saturated heterocycles. The molecule has 1 atom stereocenters. The normalized spacial score (nSPS) is 12.9. The van der Waals surface area contributed by atoms with Crippen LogP contribution in [0.1, 0.15) is 20.8 Å². The predicted molar refractivity (Wildman–Crippen MR) is 57.1 cm³/mol. The van der Waals surface area contributed by atoms with Gasteiger partial charge < -0.3 is 10.5 Å². The van der Waals surface area contributed by atoms with E-state index in [0.717, 1.165) is 0 Å². The summed E-state index contributed by atoms with van der Waals surface area (Å²) in [6.07, 6.45) is 0. The maximum atomic E-state index is 11.2. The van der Waals surface area contributed by atoms with Crippen LogP contribution in [0, 0.1) is 5.92 Å². The average Bonchev–Trinajstić information content (AvgIpc) is 2.14. The first kappa shape index (κ1) is 13.9. The quantitative estimate of drug-likeness (QED) is 0.634. The highest BCUT2D eigenvalue weighted by molar-refractivity contribution is 5.76. The molecule has 0 spiro atoms. The second-order valence-corrected chi connectivity index (χ2v) is 3.91. The first-order valence-electron chi connectivity index (χ1n) is 4.98. The van der Waals surface area contributed by atoms with Crippen molar-refractivity contribution in [2.75, 3.05) is 20.2 Å². The Kier molecular flexibility index (Phi) is 5.93. The Morgan fingerprint density at radius 3 is 2.20 bits per heavy atom. The van der Waals surface area contributed by atoms with Gasteiger partial charge in [-0.1, -0.05) is 6.92 Å². The summed E-state index contributed by atoms with van der Waals surface area (Å²) in [5.41, 5.74) is 5.12. The van der Waals surface area contributed by atoms with Gasteiger partial charge >= 0.3 is 5.97 Å². The van der Waals surface area contributed by atoms with Gasteiger partial charge in [-0.05, 0) is 13.8 Å². The molecule has 1 amide bonds. The lowest BCUT2D eigenvalue weighted by atomic mass is 10.1. The molecule has 0 aliphatic heterocycles. The molecule has 0 aliphatic rings. The third kappa shape index (κ3) is 5.37. The molecule has 0 radical (unpaired) electrons. The molecule has 0 saturated carbocycles. The zero-order valence-corrected chi connectivity index (χ0v) is 9.82. The van der Waals surface area contributed by atoms with Crippen LogP contribution in [0.25, 0.3) is 0 Å². The fraction of sp³-hybridized carbons (Fsp3) is 0.800. The third-order valence-electron chi connectivity index (χ3n) is 2.20. The second-order valence-electron chi connectivity index (χ2n) is 3.91. The van der Waals surface area contributed by atoms with Crippen molar-refractivity contribution in [1.82, 2.24) is 4.90 Å². The van der Waals surface area contributed by atoms with Crippen molar-refractivity contribution < 1.29 is 14.3 Å². The largest absolute Gasteiger partial charge is 0.469 e. The summed E-state index contributed by atoms with van der Waals surface area (Å²) < 4.78 is 4.62. The summed E-state index contributed by atoms with van der Waals surface area (Å²) in [7, 11) is 1.35. The maximum absolute atomic E-state index is 11.2. The van der Waals surface area contributed by atoms with Crippen LogP contribution in [0.4, 0.5) is 0 Å². The highest BCUT2D eigenvalue weighted by Gasteiger charge is 2.20. The van der Waals surface area contributed by atoms with Gasteiger partial charge in [-0.25, -0.2) is 0 Å². The number of hydrogen-bond acceptors (Lipinski definition) is 4. The fourth-order valence-electron chi connectivity index (χ4n) is 1.29. The number of ether oxygens (including phenoxy) is 1. The minimum atomic E-state index is -0.388. The molecule has 5 heteroatoms. The van der Waals surface area contributed by atoms with Crippen molar-refractivity contribution in [2.24, 2.45) is 11.7 Å². The van der Waals surface area contributed by atoms with Gasteiger partial charge in [0.15, 0.2) is 0 Å². The number of primary amides is 1. The molecule has 0 bridgehead atoms. The highest BCUT2D eigenvalue weighted by Crippen LogP contribution is 2.05. The first-order chi connectivity index (χ1) is 6.88. The van der Waals surface area contributed by atoms with E-state index in [-0.39, 0.29) is 30.4 Å². The van der Waals surface area contributed by atoms with E-state index in [4.69, 9.17) is 5.73 Å². The van der Waals surface area contributed by atoms with Crippen molar-refractivity contribution >= 4 is 11.9 Å². The Bertz CT molecular complexity index is 229. The van der Waals surface area contributed by atoms with E-state index in [2.05, 4.69) is 4.74 Å². The van der Waals surface area contributed by atoms with E-state index in [0.29, 0.717) is 6.54 Å². The van der Waals surface area contributed by atoms with Crippen LogP contribution in [-0.2, 0) is 14.3 Å². The number of carbonyl (C=O) groups excluding carboxylic acids is 2. The van der Waals surface area contributed by atoms with Gasteiger partial charge in [0.05, 0.1) is 19.6 Å². The highest BCUT2D eigenvalue weighted by atomic mass is 16.5. The standard InChI is InChI=1S/C10H20N2O3/c1-7(2)12(6-9(11)13)5-8(3)10(14)15-4/h7-8H,5-6H2,1-4H3,(H2,11,13). The van der Waals surface area contributed by atoms with Gasteiger partial charge in [-0.3, -0.25) is 14.5 Å². The van der Waals surface area contributed by atoms with Crippen LogP contribution < -0.4 is 5.73 Å². The molecule has 0 aromatic rings. The van der Waals surface area contributed by atoms with Crippen LogP contribution in [0.5, 0.6) is 0 Å². The lowest BCUT2D eigenvalue weighted by Crippen LogP contribution is -2.42. The summed E-state index contributed by atoms with van der Waals surface area (Å²) in [5.74, 6) is -0.914. The summed E-state index contributed by atoms with van der Waals surface area (Å²) in [5, 5.41) is 0. The number of rotatable bonds is 6. The molecule has 5 nitrogen and oxygen atoms in total. The number of nitrogens with zero attached hydrogens (tertiary/aromatic N) is 1. The first-order valence-corrected chi connectivity index (χ1v) is 4.98. The van der Waals surface area contributed by atoms with Crippen molar-refractivity contribution in [3.8, 4) is 0 Å². The molecule has 0 fully saturated rings. The van der Waals surface area contributed by atoms with Crippen molar-refractivity contribution in [1.29, 1.82) is 0 Å². The van der Waals surface area contributed by atoms with Crippen molar-refractivity contribution in [3.63, 3.8) is 0 Å². The Labute approximate surface area is 90.6 Å². The van der Waals surface area contributed by atoms with Crippen LogP contribution in [-0.4, -0.2) is 43.0 Å². The summed E-state index contributed by atoms with van der Waals surface area (Å²) >= 11 is 0. The number of nitrogens with two attached hydrogens (primary N) is 1. The van der Waals surface area contributed by atoms with Crippen LogP contribution in [0.15, 0.2) is 0 Å². The topological polar surface area (TPSA) is 72.6 Å². The average molecular weight is 216 g/mol. The third-order valence-corrected chi connectivity index (χ3v) is 2.20. The molecule has 0 rings (SSSR count). The number of esters is 1. The molecule has 0 heterocycles. The minimum Gasteiger partial charge on any atom is -0.469 e. The molecule has 0 aliphatic carbocycles. The predicted octanol–water partition coefficient (Wildman–Crippen LogP) is -0.00880. The molecule has 1 unspecified atom stereocenters. The van der Waals surface area contributed by atoms with Gasteiger partial charge in [0.25, 0.3) is 0 Å². The van der Waals surface area contributed by atoms with E-state index in [9.17, 15) is 9.59 Å². The van der Waals surface area contributed by atoms with Gasteiger partial charge in [0.1, 0.15) is 0 Å². The smallest absolute Gasteiger partial charge is 0.309 e. The zero-order chi connectivity index (χ0) is 12.0. The van der Waals surface area contributed by atoms with Crippen molar-refractivity contribution in [3.05, 3.63) is 0 Å². The van der Waals surface area contributed by atoms with Gasteiger partial charge in [-0.2, -0.15) is 0 Å². The molecular weight excluding hydrogens is 196 g/mol. The van der Waals surface area contributed by atoms with Crippen LogP contribution in [0.2, 0.25) is 0 Å². The fourth-order valence-corrected chi connectivity index (χ4v) is 1.29. The van der Waals surface area contributed by atoms with Crippen molar-refractivity contribution in [2.45, 2.75) is 26.8 Å². The second kappa shape index (κ2) is 6.40. The Hall–Kier alpha value is -1.10. The molecule has 0 aromatic carbocycles. The van der Waals surface area contributed by atoms with Gasteiger partial charge in [-0.15, -0.1) is 0 Å². The molecule has 15 heavy (non-hydrogen) atoms. The Balaban J connectivity index is 4.28. The number of methoxy groups -OCH3 is 1. The van der Waals surface area contributed by atoms with E-state index in [1.54, 1.807) is 6.92 Å². The zero-order valence-electron chi connectivity index (χ0n) is 9.82. The lowest BCUT2D eigenvalue weighted by molar-refractivity contribution is -0.146. The maximum Gasteiger partial charge on any atom is 0.309 e. The molecule has 0 aromatic heterocycles. The van der Waals surface area contributed by atoms with E-state index in [1.807, 2.05) is 18.7 Å². The van der Waals surface area contributed by atoms with E-state index >= 15 is 0 Å². The van der Waals surface area contributed by atoms with E-state index in [1.165, 1.54) is 7.11 Å². The number of amides is 1. The summed E-state index contributed by atoms with van der Waals surface area (Å²) in [6.45, 7) is 6.31. The monoisotopic (exact) mass is 216 g/mol. The van der Waals surface area contributed by atoms with Crippen LogP contribution in [0.3, 0.4) is 0 Å². The SMILES string of the molecule is COC(=O)C(C)CN(CC(N)=O)C(C)C. The lowest BCUT2D eigenvalue weighted by Gasteiger charge is -2.26. The number of carbonyl (C=O) groups is 2. The minimum absolute atomic E-state index is 0.166. The molecular formula is C10H20N2O3. The summed E-state index contributed by atoms with van der Waals surface area (Å²) in [6, 6.07) is 0.171. The molecule has 2 N–H and O–H groups in total. The van der Waals surface area contributed by atoms with Gasteiger partial charge in [0.2, 0.25) is 5.91 Å². The molecule has 88 valence electrons.